The molecular weight excluding hydrogens is 392 g/mol. The molecule has 6 heteroatoms. The minimum Gasteiger partial charge on any atom is -0.354 e. The Morgan fingerprint density at radius 3 is 2.50 bits per heavy atom. The lowest BCUT2D eigenvalue weighted by Gasteiger charge is -2.32. The Morgan fingerprint density at radius 2 is 1.77 bits per heavy atom. The number of aryl methyl sites for hydroxylation is 1. The predicted molar refractivity (Wildman–Crippen MR) is 125 cm³/mol. The van der Waals surface area contributed by atoms with Crippen molar-refractivity contribution in [3.63, 3.8) is 0 Å². The molecule has 1 amide bonds. The summed E-state index contributed by atoms with van der Waals surface area (Å²) in [5.41, 5.74) is 4.90. The van der Waals surface area contributed by atoms with Crippen LogP contribution in [0, 0.1) is 19.8 Å². The zero-order chi connectivity index (χ0) is 21.1. The highest BCUT2D eigenvalue weighted by Gasteiger charge is 2.22. The molecular formula is C24H28N4OS. The van der Waals surface area contributed by atoms with E-state index in [0.717, 1.165) is 65.0 Å². The molecule has 2 aromatic carbocycles. The zero-order valence-corrected chi connectivity index (χ0v) is 18.6. The lowest BCUT2D eigenvalue weighted by atomic mass is 9.99. The summed E-state index contributed by atoms with van der Waals surface area (Å²) < 4.78 is 0. The molecule has 0 saturated carbocycles. The van der Waals surface area contributed by atoms with E-state index in [-0.39, 0.29) is 5.91 Å². The molecule has 1 aliphatic rings. The van der Waals surface area contributed by atoms with Crippen LogP contribution in [0.15, 0.2) is 47.5 Å². The quantitative estimate of drug-likeness (QED) is 0.574. The molecule has 3 aromatic rings. The molecule has 0 bridgehead atoms. The third-order valence-corrected chi connectivity index (χ3v) is 6.78. The van der Waals surface area contributed by atoms with Crippen LogP contribution in [0.25, 0.3) is 11.0 Å². The first-order chi connectivity index (χ1) is 14.5. The van der Waals surface area contributed by atoms with Crippen LogP contribution in [-0.4, -0.2) is 34.7 Å². The third kappa shape index (κ3) is 4.59. The third-order valence-electron chi connectivity index (χ3n) is 5.82. The lowest BCUT2D eigenvalue weighted by molar-refractivity contribution is -0.113. The molecule has 1 aliphatic heterocycles. The summed E-state index contributed by atoms with van der Waals surface area (Å²) in [7, 11) is 0. The Balaban J connectivity index is 1.54. The van der Waals surface area contributed by atoms with Crippen LogP contribution in [0.5, 0.6) is 0 Å². The van der Waals surface area contributed by atoms with Crippen molar-refractivity contribution in [3.05, 3.63) is 53.6 Å². The first-order valence-corrected chi connectivity index (χ1v) is 11.5. The Kier molecular flexibility index (Phi) is 6.23. The van der Waals surface area contributed by atoms with E-state index in [2.05, 4.69) is 30.1 Å². The predicted octanol–water partition coefficient (Wildman–Crippen LogP) is 5.21. The van der Waals surface area contributed by atoms with Crippen LogP contribution in [0.2, 0.25) is 0 Å². The van der Waals surface area contributed by atoms with Gasteiger partial charge in [0.05, 0.1) is 16.8 Å². The summed E-state index contributed by atoms with van der Waals surface area (Å²) >= 11 is 1.47. The van der Waals surface area contributed by atoms with E-state index in [0.29, 0.717) is 5.75 Å². The number of rotatable bonds is 5. The van der Waals surface area contributed by atoms with Crippen molar-refractivity contribution in [1.82, 2.24) is 9.97 Å². The van der Waals surface area contributed by atoms with Gasteiger partial charge < -0.3 is 10.2 Å². The average molecular weight is 421 g/mol. The number of benzene rings is 2. The number of nitrogens with zero attached hydrogens (tertiary/aromatic N) is 3. The number of carbonyl (C=O) groups excluding carboxylic acids is 1. The molecule has 0 radical (unpaired) electrons. The van der Waals surface area contributed by atoms with Crippen LogP contribution >= 0.6 is 11.8 Å². The second-order valence-electron chi connectivity index (χ2n) is 8.09. The van der Waals surface area contributed by atoms with Gasteiger partial charge in [0.15, 0.2) is 5.82 Å². The number of para-hydroxylation sites is 2. The number of thioether (sulfide) groups is 1. The first-order valence-electron chi connectivity index (χ1n) is 10.5. The summed E-state index contributed by atoms with van der Waals surface area (Å²) in [6.07, 6.45) is 2.32. The van der Waals surface area contributed by atoms with Crippen molar-refractivity contribution in [2.24, 2.45) is 5.92 Å². The van der Waals surface area contributed by atoms with Crippen LogP contribution in [-0.2, 0) is 4.79 Å². The summed E-state index contributed by atoms with van der Waals surface area (Å²) in [5, 5.41) is 3.87. The molecule has 1 N–H and O–H groups in total. The van der Waals surface area contributed by atoms with E-state index in [1.165, 1.54) is 17.3 Å². The highest BCUT2D eigenvalue weighted by atomic mass is 32.2. The van der Waals surface area contributed by atoms with Crippen LogP contribution < -0.4 is 10.2 Å². The fraction of sp³-hybridized carbons (Fsp3) is 0.375. The number of aromatic nitrogens is 2. The van der Waals surface area contributed by atoms with Crippen molar-refractivity contribution >= 4 is 40.2 Å². The molecule has 156 valence electrons. The maximum Gasteiger partial charge on any atom is 0.234 e. The molecule has 1 fully saturated rings. The van der Waals surface area contributed by atoms with Crippen LogP contribution in [0.1, 0.15) is 30.9 Å². The smallest absolute Gasteiger partial charge is 0.234 e. The van der Waals surface area contributed by atoms with E-state index in [1.807, 2.05) is 43.3 Å². The average Bonchev–Trinajstić information content (AvgIpc) is 2.75. The number of anilines is 2. The second-order valence-corrected chi connectivity index (χ2v) is 9.06. The van der Waals surface area contributed by atoms with E-state index in [4.69, 9.17) is 9.97 Å². The van der Waals surface area contributed by atoms with Gasteiger partial charge in [-0.25, -0.2) is 9.97 Å². The first kappa shape index (κ1) is 20.7. The molecule has 1 aromatic heterocycles. The number of amides is 1. The second kappa shape index (κ2) is 9.04. The van der Waals surface area contributed by atoms with Gasteiger partial charge in [-0.15, -0.1) is 0 Å². The Bertz CT molecular complexity index is 1060. The van der Waals surface area contributed by atoms with Crippen molar-refractivity contribution in [1.29, 1.82) is 0 Å². The highest BCUT2D eigenvalue weighted by molar-refractivity contribution is 8.00. The SMILES string of the molecule is Cc1cccc(NC(=O)CSc2nc3ccccc3nc2N2CCC(C)CC2)c1C. The summed E-state index contributed by atoms with van der Waals surface area (Å²) in [6, 6.07) is 13.9. The molecule has 0 atom stereocenters. The van der Waals surface area contributed by atoms with E-state index in [1.54, 1.807) is 0 Å². The van der Waals surface area contributed by atoms with E-state index < -0.39 is 0 Å². The molecule has 0 spiro atoms. The molecule has 2 heterocycles. The Morgan fingerprint density at radius 1 is 1.07 bits per heavy atom. The fourth-order valence-corrected chi connectivity index (χ4v) is 4.51. The van der Waals surface area contributed by atoms with E-state index >= 15 is 0 Å². The van der Waals surface area contributed by atoms with E-state index in [9.17, 15) is 4.79 Å². The molecule has 1 saturated heterocycles. The fourth-order valence-electron chi connectivity index (χ4n) is 3.70. The minimum atomic E-state index is -0.0260. The van der Waals surface area contributed by atoms with Crippen molar-refractivity contribution in [3.8, 4) is 0 Å². The normalized spacial score (nSPS) is 14.8. The van der Waals surface area contributed by atoms with Crippen LogP contribution in [0.3, 0.4) is 0 Å². The van der Waals surface area contributed by atoms with Gasteiger partial charge in [0.1, 0.15) is 5.03 Å². The molecule has 0 unspecified atom stereocenters. The Hall–Kier alpha value is -2.60. The summed E-state index contributed by atoms with van der Waals surface area (Å²) in [4.78, 5) is 24.8. The number of piperidine rings is 1. The van der Waals surface area contributed by atoms with Gasteiger partial charge in [-0.3, -0.25) is 4.79 Å². The van der Waals surface area contributed by atoms with Gasteiger partial charge in [0, 0.05) is 18.8 Å². The monoisotopic (exact) mass is 420 g/mol. The van der Waals surface area contributed by atoms with Crippen molar-refractivity contribution < 1.29 is 4.79 Å². The molecule has 5 nitrogen and oxygen atoms in total. The largest absolute Gasteiger partial charge is 0.354 e. The van der Waals surface area contributed by atoms with Gasteiger partial charge in [0.2, 0.25) is 5.91 Å². The maximum atomic E-state index is 12.6. The van der Waals surface area contributed by atoms with Crippen molar-refractivity contribution in [2.75, 3.05) is 29.1 Å². The van der Waals surface area contributed by atoms with Gasteiger partial charge in [-0.05, 0) is 61.9 Å². The zero-order valence-electron chi connectivity index (χ0n) is 17.8. The standard InChI is InChI=1S/C24H28N4OS/c1-16-11-13-28(14-12-16)23-24(27-21-9-5-4-8-20(21)26-23)30-15-22(29)25-19-10-6-7-17(2)18(19)3/h4-10,16H,11-15H2,1-3H3,(H,25,29). The van der Waals surface area contributed by atoms with Gasteiger partial charge in [0.25, 0.3) is 0 Å². The minimum absolute atomic E-state index is 0.0260. The van der Waals surface area contributed by atoms with Crippen LogP contribution in [0.4, 0.5) is 11.5 Å². The molecule has 0 aliphatic carbocycles. The lowest BCUT2D eigenvalue weighted by Crippen LogP contribution is -2.34. The maximum absolute atomic E-state index is 12.6. The number of nitrogens with one attached hydrogen (secondary N) is 1. The number of hydrogen-bond acceptors (Lipinski definition) is 5. The number of fused-ring (bicyclic) bond motifs is 1. The van der Waals surface area contributed by atoms with Crippen molar-refractivity contribution in [2.45, 2.75) is 38.6 Å². The van der Waals surface area contributed by atoms with Gasteiger partial charge >= 0.3 is 0 Å². The Labute approximate surface area is 182 Å². The molecule has 30 heavy (non-hydrogen) atoms. The topological polar surface area (TPSA) is 58.1 Å². The van der Waals surface area contributed by atoms with Gasteiger partial charge in [-0.2, -0.15) is 0 Å². The summed E-state index contributed by atoms with van der Waals surface area (Å²) in [5.74, 6) is 1.93. The van der Waals surface area contributed by atoms with Gasteiger partial charge in [-0.1, -0.05) is 43.0 Å². The highest BCUT2D eigenvalue weighted by Crippen LogP contribution is 2.32. The number of hydrogen-bond donors (Lipinski definition) is 1. The number of carbonyl (C=O) groups is 1. The molecule has 4 rings (SSSR count). The summed E-state index contributed by atoms with van der Waals surface area (Å²) in [6.45, 7) is 8.35.